The molecule has 0 saturated heterocycles. The summed E-state index contributed by atoms with van der Waals surface area (Å²) in [6.45, 7) is 0.892. The Hall–Kier alpha value is -0.540. The predicted octanol–water partition coefficient (Wildman–Crippen LogP) is 3.74. The van der Waals surface area contributed by atoms with E-state index in [2.05, 4.69) is 68.7 Å². The lowest BCUT2D eigenvalue weighted by Gasteiger charge is -2.27. The van der Waals surface area contributed by atoms with Gasteiger partial charge >= 0.3 is 0 Å². The van der Waals surface area contributed by atoms with Gasteiger partial charge < -0.3 is 15.5 Å². The van der Waals surface area contributed by atoms with Crippen molar-refractivity contribution in [1.29, 1.82) is 0 Å². The zero-order valence-corrected chi connectivity index (χ0v) is 15.6. The topological polar surface area (TPSA) is 52.5 Å². The molecule has 0 fully saturated rings. The van der Waals surface area contributed by atoms with Crippen LogP contribution in [0, 0.1) is 7.14 Å². The van der Waals surface area contributed by atoms with Gasteiger partial charge in [-0.1, -0.05) is 0 Å². The lowest BCUT2D eigenvalue weighted by atomic mass is 9.90. The van der Waals surface area contributed by atoms with Gasteiger partial charge in [0.25, 0.3) is 0 Å². The van der Waals surface area contributed by atoms with Crippen LogP contribution in [0.4, 0.5) is 0 Å². The average molecular weight is 507 g/mol. The smallest absolute Gasteiger partial charge is 0.157 e. The molecule has 0 saturated carbocycles. The maximum absolute atomic E-state index is 9.77. The maximum atomic E-state index is 9.77. The molecule has 1 aliphatic heterocycles. The van der Waals surface area contributed by atoms with Crippen LogP contribution in [0.3, 0.4) is 0 Å². The van der Waals surface area contributed by atoms with E-state index in [1.165, 1.54) is 12.7 Å². The van der Waals surface area contributed by atoms with E-state index in [-0.39, 0.29) is 17.5 Å². The van der Waals surface area contributed by atoms with Crippen molar-refractivity contribution in [2.75, 3.05) is 6.54 Å². The molecule has 1 aliphatic rings. The summed E-state index contributed by atoms with van der Waals surface area (Å²) in [5.74, 6) is -0.0714. The van der Waals surface area contributed by atoms with Gasteiger partial charge in [0.1, 0.15) is 0 Å². The summed E-state index contributed by atoms with van der Waals surface area (Å²) < 4.78 is 2.47. The van der Waals surface area contributed by atoms with Gasteiger partial charge in [0.05, 0.1) is 0 Å². The predicted molar refractivity (Wildman–Crippen MR) is 99.8 cm³/mol. The first-order chi connectivity index (χ1) is 10.0. The van der Waals surface area contributed by atoms with Crippen molar-refractivity contribution in [3.05, 3.63) is 54.2 Å². The molecular formula is C16H15I2NO2. The molecule has 1 atom stereocenters. The van der Waals surface area contributed by atoms with Crippen LogP contribution in [-0.4, -0.2) is 16.8 Å². The molecule has 0 radical (unpaired) electrons. The monoisotopic (exact) mass is 507 g/mol. The molecule has 3 nitrogen and oxygen atoms in total. The fourth-order valence-electron chi connectivity index (χ4n) is 2.81. The highest BCUT2D eigenvalue weighted by Gasteiger charge is 2.22. The molecule has 1 unspecified atom stereocenters. The maximum Gasteiger partial charge on any atom is 0.157 e. The number of nitrogens with one attached hydrogen (secondary N) is 1. The molecule has 2 aromatic carbocycles. The number of halogens is 2. The Balaban J connectivity index is 1.93. The third kappa shape index (κ3) is 3.45. The van der Waals surface area contributed by atoms with Crippen molar-refractivity contribution < 1.29 is 10.2 Å². The summed E-state index contributed by atoms with van der Waals surface area (Å²) in [7, 11) is 0. The minimum absolute atomic E-state index is 0.0294. The van der Waals surface area contributed by atoms with Crippen LogP contribution < -0.4 is 5.32 Å². The van der Waals surface area contributed by atoms with E-state index < -0.39 is 0 Å². The summed E-state index contributed by atoms with van der Waals surface area (Å²) in [4.78, 5) is 0. The van der Waals surface area contributed by atoms with Crippen LogP contribution in [0.25, 0.3) is 0 Å². The molecule has 0 aliphatic carbocycles. The van der Waals surface area contributed by atoms with Crippen molar-refractivity contribution in [3.8, 4) is 11.5 Å². The molecule has 0 bridgehead atoms. The second-order valence-electron chi connectivity index (χ2n) is 5.28. The lowest BCUT2D eigenvalue weighted by molar-refractivity contribution is 0.398. The zero-order chi connectivity index (χ0) is 15.0. The molecular weight excluding hydrogens is 492 g/mol. The van der Waals surface area contributed by atoms with Gasteiger partial charge in [0.15, 0.2) is 11.5 Å². The molecule has 0 spiro atoms. The summed E-state index contributed by atoms with van der Waals surface area (Å²) in [6, 6.07) is 10.1. The van der Waals surface area contributed by atoms with Crippen molar-refractivity contribution in [3.63, 3.8) is 0 Å². The Kier molecular flexibility index (Phi) is 4.60. The Morgan fingerprint density at radius 2 is 1.67 bits per heavy atom. The Labute approximate surface area is 151 Å². The highest BCUT2D eigenvalue weighted by Crippen LogP contribution is 2.35. The number of fused-ring (bicyclic) bond motifs is 1. The molecule has 0 aromatic heterocycles. The van der Waals surface area contributed by atoms with E-state index >= 15 is 0 Å². The second-order valence-corrected chi connectivity index (χ2v) is 7.77. The molecule has 1 heterocycles. The number of rotatable bonds is 2. The largest absolute Gasteiger partial charge is 0.504 e. The SMILES string of the molecule is Oc1cc2c(cc1O)C(Cc1cc(I)cc(I)c1)NCC2. The highest BCUT2D eigenvalue weighted by atomic mass is 127. The average Bonchev–Trinajstić information content (AvgIpc) is 2.40. The number of phenolic OH excluding ortho intramolecular Hbond substituents is 2. The fraction of sp³-hybridized carbons (Fsp3) is 0.250. The number of hydrogen-bond donors (Lipinski definition) is 3. The fourth-order valence-corrected chi connectivity index (χ4v) is 4.88. The van der Waals surface area contributed by atoms with E-state index in [9.17, 15) is 10.2 Å². The Morgan fingerprint density at radius 1 is 1.00 bits per heavy atom. The first kappa shape index (κ1) is 15.4. The third-order valence-electron chi connectivity index (χ3n) is 3.76. The van der Waals surface area contributed by atoms with E-state index in [4.69, 9.17) is 0 Å². The van der Waals surface area contributed by atoms with Gasteiger partial charge in [-0.25, -0.2) is 0 Å². The normalized spacial score (nSPS) is 17.5. The van der Waals surface area contributed by atoms with Crippen molar-refractivity contribution in [2.24, 2.45) is 0 Å². The third-order valence-corrected chi connectivity index (χ3v) is 5.00. The summed E-state index contributed by atoms with van der Waals surface area (Å²) in [5.41, 5.74) is 3.49. The zero-order valence-electron chi connectivity index (χ0n) is 11.2. The summed E-state index contributed by atoms with van der Waals surface area (Å²) >= 11 is 4.67. The number of aromatic hydroxyl groups is 2. The van der Waals surface area contributed by atoms with E-state index in [1.54, 1.807) is 12.1 Å². The summed E-state index contributed by atoms with van der Waals surface area (Å²) in [6.07, 6.45) is 1.76. The number of phenols is 2. The Morgan fingerprint density at radius 3 is 2.38 bits per heavy atom. The molecule has 21 heavy (non-hydrogen) atoms. The van der Waals surface area contributed by atoms with Crippen LogP contribution >= 0.6 is 45.2 Å². The van der Waals surface area contributed by atoms with Gasteiger partial charge in [-0.05, 0) is 112 Å². The van der Waals surface area contributed by atoms with Crippen LogP contribution in [0.2, 0.25) is 0 Å². The van der Waals surface area contributed by atoms with E-state index in [0.717, 1.165) is 30.5 Å². The summed E-state index contributed by atoms with van der Waals surface area (Å²) in [5, 5.41) is 22.9. The van der Waals surface area contributed by atoms with E-state index in [0.29, 0.717) is 0 Å². The van der Waals surface area contributed by atoms with Gasteiger partial charge in [-0.3, -0.25) is 0 Å². The number of benzene rings is 2. The quantitative estimate of drug-likeness (QED) is 0.429. The molecule has 3 rings (SSSR count). The van der Waals surface area contributed by atoms with Crippen LogP contribution in [0.5, 0.6) is 11.5 Å². The standard InChI is InChI=1S/C16H15I2NO2/c17-11-3-9(4-12(18)7-11)5-14-13-8-16(21)15(20)6-10(13)1-2-19-14/h3-4,6-8,14,19-21H,1-2,5H2. The van der Waals surface area contributed by atoms with E-state index in [1.807, 2.05) is 0 Å². The molecule has 0 amide bonds. The van der Waals surface area contributed by atoms with Crippen LogP contribution in [0.1, 0.15) is 22.7 Å². The first-order valence-electron chi connectivity index (χ1n) is 6.76. The number of hydrogen-bond acceptors (Lipinski definition) is 3. The van der Waals surface area contributed by atoms with Gasteiger partial charge in [0, 0.05) is 13.2 Å². The minimum Gasteiger partial charge on any atom is -0.504 e. The van der Waals surface area contributed by atoms with Gasteiger partial charge in [-0.15, -0.1) is 0 Å². The van der Waals surface area contributed by atoms with Crippen molar-refractivity contribution in [1.82, 2.24) is 5.32 Å². The second kappa shape index (κ2) is 6.29. The first-order valence-corrected chi connectivity index (χ1v) is 8.92. The van der Waals surface area contributed by atoms with Gasteiger partial charge in [0.2, 0.25) is 0 Å². The van der Waals surface area contributed by atoms with Gasteiger partial charge in [-0.2, -0.15) is 0 Å². The molecule has 5 heteroatoms. The molecule has 2 aromatic rings. The molecule has 3 N–H and O–H groups in total. The van der Waals surface area contributed by atoms with Crippen molar-refractivity contribution >= 4 is 45.2 Å². The van der Waals surface area contributed by atoms with Crippen molar-refractivity contribution in [2.45, 2.75) is 18.9 Å². The van der Waals surface area contributed by atoms with Crippen LogP contribution in [0.15, 0.2) is 30.3 Å². The van der Waals surface area contributed by atoms with Crippen LogP contribution in [-0.2, 0) is 12.8 Å². The Bertz CT molecular complexity index is 668. The lowest BCUT2D eigenvalue weighted by Crippen LogP contribution is -2.31. The minimum atomic E-state index is -0.0420. The molecule has 110 valence electrons. The highest BCUT2D eigenvalue weighted by molar-refractivity contribution is 14.1.